The molecule has 6 heteroatoms. The third-order valence-electron chi connectivity index (χ3n) is 2.69. The van der Waals surface area contributed by atoms with Crippen LogP contribution in [0.25, 0.3) is 0 Å². The Hall–Kier alpha value is -0.720. The third kappa shape index (κ3) is 3.63. The number of hydrogen-bond donors (Lipinski definition) is 1. The van der Waals surface area contributed by atoms with E-state index in [0.29, 0.717) is 16.7 Å². The van der Waals surface area contributed by atoms with Gasteiger partial charge in [-0.25, -0.2) is 0 Å². The molecule has 1 heterocycles. The number of aromatic nitrogens is 2. The van der Waals surface area contributed by atoms with Crippen molar-refractivity contribution in [2.24, 2.45) is 5.92 Å². The highest BCUT2D eigenvalue weighted by Crippen LogP contribution is 2.20. The molecule has 1 atom stereocenters. The summed E-state index contributed by atoms with van der Waals surface area (Å²) in [5, 5.41) is 14.0. The fourth-order valence-corrected chi connectivity index (χ4v) is 2.01. The van der Waals surface area contributed by atoms with Gasteiger partial charge in [0.15, 0.2) is 0 Å². The first-order valence-corrected chi connectivity index (χ1v) is 6.72. The van der Waals surface area contributed by atoms with Crippen molar-refractivity contribution in [3.8, 4) is 0 Å². The van der Waals surface area contributed by atoms with E-state index in [1.165, 1.54) is 0 Å². The SMILES string of the molecule is CC(C)C(O)C(=O)c1c(Br)cnn1CCN(C)C. The molecule has 1 unspecified atom stereocenters. The Bertz CT molecular complexity index is 415. The molecule has 0 aliphatic rings. The number of likely N-dealkylation sites (N-methyl/N-ethyl adjacent to an activating group) is 1. The Morgan fingerprint density at radius 1 is 1.56 bits per heavy atom. The van der Waals surface area contributed by atoms with Gasteiger partial charge in [-0.05, 0) is 35.9 Å². The number of halogens is 1. The second kappa shape index (κ2) is 6.45. The van der Waals surface area contributed by atoms with E-state index in [1.54, 1.807) is 10.9 Å². The van der Waals surface area contributed by atoms with Crippen LogP contribution in [0, 0.1) is 5.92 Å². The zero-order valence-electron chi connectivity index (χ0n) is 11.2. The van der Waals surface area contributed by atoms with Crippen molar-refractivity contribution in [2.45, 2.75) is 26.5 Å². The van der Waals surface area contributed by atoms with Crippen LogP contribution in [0.5, 0.6) is 0 Å². The summed E-state index contributed by atoms with van der Waals surface area (Å²) in [6.07, 6.45) is 0.603. The maximum atomic E-state index is 12.2. The van der Waals surface area contributed by atoms with Crippen LogP contribution in [0.2, 0.25) is 0 Å². The van der Waals surface area contributed by atoms with Gasteiger partial charge < -0.3 is 10.0 Å². The van der Waals surface area contributed by atoms with Crippen molar-refractivity contribution >= 4 is 21.7 Å². The molecular weight excluding hydrogens is 298 g/mol. The quantitative estimate of drug-likeness (QED) is 0.806. The summed E-state index contributed by atoms with van der Waals surface area (Å²) < 4.78 is 2.27. The largest absolute Gasteiger partial charge is 0.385 e. The van der Waals surface area contributed by atoms with Gasteiger partial charge in [0, 0.05) is 6.54 Å². The molecule has 0 saturated carbocycles. The maximum Gasteiger partial charge on any atom is 0.210 e. The molecule has 1 rings (SSSR count). The van der Waals surface area contributed by atoms with Crippen LogP contribution in [-0.4, -0.2) is 52.3 Å². The minimum absolute atomic E-state index is 0.110. The van der Waals surface area contributed by atoms with Crippen LogP contribution < -0.4 is 0 Å². The number of carbonyl (C=O) groups is 1. The molecule has 1 N–H and O–H groups in total. The van der Waals surface area contributed by atoms with Gasteiger partial charge in [0.25, 0.3) is 0 Å². The Balaban J connectivity index is 2.93. The van der Waals surface area contributed by atoms with Crippen molar-refractivity contribution in [2.75, 3.05) is 20.6 Å². The monoisotopic (exact) mass is 317 g/mol. The molecule has 0 aliphatic carbocycles. The first kappa shape index (κ1) is 15.3. The van der Waals surface area contributed by atoms with Gasteiger partial charge in [0.2, 0.25) is 5.78 Å². The molecular formula is C12H20BrN3O2. The molecule has 102 valence electrons. The maximum absolute atomic E-state index is 12.2. The van der Waals surface area contributed by atoms with Gasteiger partial charge in [-0.2, -0.15) is 5.10 Å². The lowest BCUT2D eigenvalue weighted by Crippen LogP contribution is -2.30. The second-order valence-corrected chi connectivity index (χ2v) is 5.77. The number of carbonyl (C=O) groups excluding carboxylic acids is 1. The molecule has 18 heavy (non-hydrogen) atoms. The van der Waals surface area contributed by atoms with Gasteiger partial charge in [-0.3, -0.25) is 9.48 Å². The lowest BCUT2D eigenvalue weighted by atomic mass is 10.0. The fraction of sp³-hybridized carbons (Fsp3) is 0.667. The molecule has 0 bridgehead atoms. The normalized spacial score (nSPS) is 13.3. The summed E-state index contributed by atoms with van der Waals surface area (Å²) in [5.41, 5.74) is 0.443. The Kier molecular flexibility index (Phi) is 5.49. The predicted octanol–water partition coefficient (Wildman–Crippen LogP) is 1.41. The van der Waals surface area contributed by atoms with Gasteiger partial charge in [-0.15, -0.1) is 0 Å². The van der Waals surface area contributed by atoms with Gasteiger partial charge >= 0.3 is 0 Å². The van der Waals surface area contributed by atoms with E-state index >= 15 is 0 Å². The van der Waals surface area contributed by atoms with Gasteiger partial charge in [0.1, 0.15) is 11.8 Å². The lowest BCUT2D eigenvalue weighted by molar-refractivity contribution is 0.0634. The van der Waals surface area contributed by atoms with Crippen LogP contribution >= 0.6 is 15.9 Å². The fourth-order valence-electron chi connectivity index (χ4n) is 1.51. The van der Waals surface area contributed by atoms with E-state index in [-0.39, 0.29) is 11.7 Å². The molecule has 0 radical (unpaired) electrons. The number of nitrogens with zero attached hydrogens (tertiary/aromatic N) is 3. The number of ketones is 1. The summed E-state index contributed by atoms with van der Waals surface area (Å²) >= 11 is 3.31. The molecule has 0 spiro atoms. The Morgan fingerprint density at radius 3 is 2.67 bits per heavy atom. The second-order valence-electron chi connectivity index (χ2n) is 4.92. The van der Waals surface area contributed by atoms with Crippen LogP contribution in [0.15, 0.2) is 10.7 Å². The highest BCUT2D eigenvalue weighted by atomic mass is 79.9. The Morgan fingerprint density at radius 2 is 2.17 bits per heavy atom. The van der Waals surface area contributed by atoms with Crippen LogP contribution in [0.3, 0.4) is 0 Å². The van der Waals surface area contributed by atoms with E-state index in [2.05, 4.69) is 21.0 Å². The summed E-state index contributed by atoms with van der Waals surface area (Å²) in [6, 6.07) is 0. The third-order valence-corrected chi connectivity index (χ3v) is 3.27. The summed E-state index contributed by atoms with van der Waals surface area (Å²) in [5.74, 6) is -0.394. The van der Waals surface area contributed by atoms with Crippen molar-refractivity contribution in [3.63, 3.8) is 0 Å². The first-order chi connectivity index (χ1) is 8.34. The van der Waals surface area contributed by atoms with Gasteiger partial charge in [-0.1, -0.05) is 13.8 Å². The van der Waals surface area contributed by atoms with E-state index in [4.69, 9.17) is 0 Å². The highest BCUT2D eigenvalue weighted by Gasteiger charge is 2.26. The van der Waals surface area contributed by atoms with Crippen molar-refractivity contribution in [1.29, 1.82) is 0 Å². The summed E-state index contributed by atoms with van der Waals surface area (Å²) in [4.78, 5) is 14.2. The number of rotatable bonds is 6. The molecule has 0 fully saturated rings. The number of aliphatic hydroxyl groups excluding tert-OH is 1. The minimum Gasteiger partial charge on any atom is -0.385 e. The van der Waals surface area contributed by atoms with Crippen LogP contribution in [-0.2, 0) is 6.54 Å². The van der Waals surface area contributed by atoms with Gasteiger partial charge in [0.05, 0.1) is 17.2 Å². The number of Topliss-reactive ketones (excluding diaryl/α,β-unsaturated/α-hetero) is 1. The molecule has 0 saturated heterocycles. The number of aliphatic hydroxyl groups is 1. The van der Waals surface area contributed by atoms with Crippen LogP contribution in [0.4, 0.5) is 0 Å². The molecule has 0 amide bonds. The van der Waals surface area contributed by atoms with E-state index < -0.39 is 6.10 Å². The topological polar surface area (TPSA) is 58.4 Å². The summed E-state index contributed by atoms with van der Waals surface area (Å²) in [6.45, 7) is 5.03. The zero-order chi connectivity index (χ0) is 13.9. The number of hydrogen-bond acceptors (Lipinski definition) is 4. The molecule has 0 aliphatic heterocycles. The van der Waals surface area contributed by atoms with Crippen molar-refractivity contribution in [3.05, 3.63) is 16.4 Å². The predicted molar refractivity (Wildman–Crippen MR) is 73.7 cm³/mol. The average molecular weight is 318 g/mol. The minimum atomic E-state index is -0.990. The van der Waals surface area contributed by atoms with Crippen molar-refractivity contribution in [1.82, 2.24) is 14.7 Å². The smallest absolute Gasteiger partial charge is 0.210 e. The molecule has 0 aromatic carbocycles. The highest BCUT2D eigenvalue weighted by molar-refractivity contribution is 9.10. The first-order valence-electron chi connectivity index (χ1n) is 5.93. The average Bonchev–Trinajstić information content (AvgIpc) is 2.65. The molecule has 1 aromatic heterocycles. The molecule has 1 aromatic rings. The Labute approximate surface area is 116 Å². The zero-order valence-corrected chi connectivity index (χ0v) is 12.8. The standard InChI is InChI=1S/C12H20BrN3O2/c1-8(2)11(17)12(18)10-9(13)7-14-16(10)6-5-15(3)4/h7-8,11,17H,5-6H2,1-4H3. The van der Waals surface area contributed by atoms with E-state index in [1.807, 2.05) is 32.8 Å². The summed E-state index contributed by atoms with van der Waals surface area (Å²) in [7, 11) is 3.92. The van der Waals surface area contributed by atoms with Crippen molar-refractivity contribution < 1.29 is 9.90 Å². The lowest BCUT2D eigenvalue weighted by Gasteiger charge is -2.16. The van der Waals surface area contributed by atoms with E-state index in [9.17, 15) is 9.90 Å². The molecule has 5 nitrogen and oxygen atoms in total. The van der Waals surface area contributed by atoms with Crippen LogP contribution in [0.1, 0.15) is 24.3 Å². The van der Waals surface area contributed by atoms with E-state index in [0.717, 1.165) is 6.54 Å².